The molecule has 2 aliphatic rings. The summed E-state index contributed by atoms with van der Waals surface area (Å²) in [7, 11) is 0. The van der Waals surface area contributed by atoms with E-state index in [0.717, 1.165) is 17.5 Å². The van der Waals surface area contributed by atoms with Gasteiger partial charge in [0.05, 0.1) is 5.92 Å². The van der Waals surface area contributed by atoms with Crippen LogP contribution in [0, 0.1) is 5.92 Å². The van der Waals surface area contributed by atoms with Crippen molar-refractivity contribution in [3.63, 3.8) is 0 Å². The third-order valence-electron chi connectivity index (χ3n) is 6.37. The predicted molar refractivity (Wildman–Crippen MR) is 119 cm³/mol. The molecule has 4 rings (SSSR count). The lowest BCUT2D eigenvalue weighted by Crippen LogP contribution is -2.40. The summed E-state index contributed by atoms with van der Waals surface area (Å²) in [6.07, 6.45) is 2.29. The largest absolute Gasteiger partial charge is 0.481 e. The fraction of sp³-hybridized carbons (Fsp3) is 0.400. The minimum absolute atomic E-state index is 0.00696. The van der Waals surface area contributed by atoms with E-state index in [1.165, 1.54) is 11.1 Å². The van der Waals surface area contributed by atoms with Gasteiger partial charge in [0.15, 0.2) is 0 Å². The Balaban J connectivity index is 1.19. The van der Waals surface area contributed by atoms with Crippen LogP contribution in [0.25, 0.3) is 11.1 Å². The normalized spacial score (nSPS) is 19.1. The van der Waals surface area contributed by atoms with Crippen LogP contribution in [0.1, 0.15) is 49.1 Å². The number of ether oxygens (including phenoxy) is 1. The SMILES string of the molecule is O=C(CCCNC(=O)OCC1c2ccccc2-c2ccccc21)N[C@@H]1CCC[C@@H]1C(=O)O. The number of benzene rings is 2. The van der Waals surface area contributed by atoms with Crippen molar-refractivity contribution in [2.24, 2.45) is 5.92 Å². The van der Waals surface area contributed by atoms with Crippen LogP contribution in [0.2, 0.25) is 0 Å². The molecule has 2 aliphatic carbocycles. The standard InChI is InChI=1S/C25H28N2O5/c28-23(27-22-12-5-11-20(22)24(29)30)13-6-14-26-25(31)32-15-21-18-9-3-1-7-16(18)17-8-2-4-10-19(17)21/h1-4,7-10,20-22H,5-6,11-15H2,(H,26,31)(H,27,28)(H,29,30)/t20-,22+/m0/s1. The maximum atomic E-state index is 12.2. The highest BCUT2D eigenvalue weighted by Gasteiger charge is 2.33. The van der Waals surface area contributed by atoms with Crippen molar-refractivity contribution in [1.82, 2.24) is 10.6 Å². The van der Waals surface area contributed by atoms with Crippen molar-refractivity contribution in [2.45, 2.75) is 44.1 Å². The smallest absolute Gasteiger partial charge is 0.407 e. The molecule has 168 valence electrons. The Bertz CT molecular complexity index is 960. The van der Waals surface area contributed by atoms with Gasteiger partial charge in [0.2, 0.25) is 5.91 Å². The first-order chi connectivity index (χ1) is 15.5. The van der Waals surface area contributed by atoms with Gasteiger partial charge in [-0.25, -0.2) is 4.79 Å². The third kappa shape index (κ3) is 4.77. The summed E-state index contributed by atoms with van der Waals surface area (Å²) in [5.41, 5.74) is 4.67. The zero-order valence-corrected chi connectivity index (χ0v) is 17.9. The Labute approximate surface area is 187 Å². The monoisotopic (exact) mass is 436 g/mol. The van der Waals surface area contributed by atoms with Gasteiger partial charge in [-0.3, -0.25) is 9.59 Å². The van der Waals surface area contributed by atoms with Crippen molar-refractivity contribution in [3.8, 4) is 11.1 Å². The van der Waals surface area contributed by atoms with Gasteiger partial charge in [0.25, 0.3) is 0 Å². The van der Waals surface area contributed by atoms with E-state index in [2.05, 4.69) is 34.9 Å². The van der Waals surface area contributed by atoms with Crippen LogP contribution < -0.4 is 10.6 Å². The van der Waals surface area contributed by atoms with Crippen LogP contribution in [-0.4, -0.2) is 42.3 Å². The Hall–Kier alpha value is -3.35. The zero-order chi connectivity index (χ0) is 22.5. The number of amides is 2. The van der Waals surface area contributed by atoms with Crippen LogP contribution in [0.15, 0.2) is 48.5 Å². The number of hydrogen-bond donors (Lipinski definition) is 3. The Morgan fingerprint density at radius 3 is 2.28 bits per heavy atom. The summed E-state index contributed by atoms with van der Waals surface area (Å²) in [5.74, 6) is -1.53. The summed E-state index contributed by atoms with van der Waals surface area (Å²) in [4.78, 5) is 35.5. The fourth-order valence-corrected chi connectivity index (χ4v) is 4.80. The minimum Gasteiger partial charge on any atom is -0.481 e. The highest BCUT2D eigenvalue weighted by molar-refractivity contribution is 5.79. The molecule has 1 fully saturated rings. The van der Waals surface area contributed by atoms with E-state index in [9.17, 15) is 19.5 Å². The summed E-state index contributed by atoms with van der Waals surface area (Å²) < 4.78 is 5.48. The van der Waals surface area contributed by atoms with Crippen LogP contribution in [0.5, 0.6) is 0 Å². The number of carbonyl (C=O) groups is 3. The van der Waals surface area contributed by atoms with Gasteiger partial charge < -0.3 is 20.5 Å². The number of carboxylic acids is 1. The molecule has 0 aliphatic heterocycles. The molecule has 2 amide bonds. The second-order valence-corrected chi connectivity index (χ2v) is 8.41. The summed E-state index contributed by atoms with van der Waals surface area (Å²) in [6.45, 7) is 0.565. The summed E-state index contributed by atoms with van der Waals surface area (Å²) in [5, 5.41) is 14.7. The second kappa shape index (κ2) is 9.85. The maximum absolute atomic E-state index is 12.2. The van der Waals surface area contributed by atoms with E-state index in [1.807, 2.05) is 24.3 Å². The number of rotatable bonds is 8. The van der Waals surface area contributed by atoms with E-state index in [4.69, 9.17) is 4.74 Å². The topological polar surface area (TPSA) is 105 Å². The van der Waals surface area contributed by atoms with Crippen molar-refractivity contribution in [1.29, 1.82) is 0 Å². The van der Waals surface area contributed by atoms with Crippen LogP contribution in [-0.2, 0) is 14.3 Å². The number of fused-ring (bicyclic) bond motifs is 3. The van der Waals surface area contributed by atoms with Gasteiger partial charge in [0, 0.05) is 24.9 Å². The number of aliphatic carboxylic acids is 1. The van der Waals surface area contributed by atoms with Crippen molar-refractivity contribution < 1.29 is 24.2 Å². The zero-order valence-electron chi connectivity index (χ0n) is 17.9. The number of alkyl carbamates (subject to hydrolysis) is 1. The highest BCUT2D eigenvalue weighted by atomic mass is 16.5. The van der Waals surface area contributed by atoms with E-state index in [0.29, 0.717) is 25.8 Å². The van der Waals surface area contributed by atoms with Gasteiger partial charge in [-0.15, -0.1) is 0 Å². The molecule has 2 aromatic carbocycles. The van der Waals surface area contributed by atoms with Crippen LogP contribution in [0.4, 0.5) is 4.79 Å². The Kier molecular flexibility index (Phi) is 6.73. The summed E-state index contributed by atoms with van der Waals surface area (Å²) >= 11 is 0. The molecule has 0 spiro atoms. The first-order valence-electron chi connectivity index (χ1n) is 11.2. The highest BCUT2D eigenvalue weighted by Crippen LogP contribution is 2.44. The molecule has 0 heterocycles. The molecular formula is C25H28N2O5. The molecular weight excluding hydrogens is 408 g/mol. The van der Waals surface area contributed by atoms with Crippen molar-refractivity contribution >= 4 is 18.0 Å². The molecule has 7 nitrogen and oxygen atoms in total. The molecule has 0 bridgehead atoms. The Morgan fingerprint density at radius 2 is 1.62 bits per heavy atom. The average molecular weight is 437 g/mol. The van der Waals surface area contributed by atoms with Crippen molar-refractivity contribution in [3.05, 3.63) is 59.7 Å². The molecule has 0 aromatic heterocycles. The maximum Gasteiger partial charge on any atom is 0.407 e. The number of carboxylic acid groups (broad SMARTS) is 1. The van der Waals surface area contributed by atoms with Crippen LogP contribution >= 0.6 is 0 Å². The van der Waals surface area contributed by atoms with E-state index >= 15 is 0 Å². The first-order valence-corrected chi connectivity index (χ1v) is 11.2. The molecule has 0 radical (unpaired) electrons. The van der Waals surface area contributed by atoms with Gasteiger partial charge in [0.1, 0.15) is 6.61 Å². The molecule has 7 heteroatoms. The minimum atomic E-state index is -0.857. The molecule has 3 N–H and O–H groups in total. The second-order valence-electron chi connectivity index (χ2n) is 8.41. The lowest BCUT2D eigenvalue weighted by molar-refractivity contribution is -0.142. The van der Waals surface area contributed by atoms with Gasteiger partial charge in [-0.1, -0.05) is 55.0 Å². The number of carbonyl (C=O) groups excluding carboxylic acids is 2. The van der Waals surface area contributed by atoms with Crippen LogP contribution in [0.3, 0.4) is 0 Å². The molecule has 0 saturated heterocycles. The average Bonchev–Trinajstić information content (AvgIpc) is 3.38. The first kappa shape index (κ1) is 21.9. The number of nitrogens with one attached hydrogen (secondary N) is 2. The quantitative estimate of drug-likeness (QED) is 0.548. The lowest BCUT2D eigenvalue weighted by atomic mass is 9.98. The lowest BCUT2D eigenvalue weighted by Gasteiger charge is -2.17. The molecule has 32 heavy (non-hydrogen) atoms. The van der Waals surface area contributed by atoms with E-state index < -0.39 is 18.0 Å². The molecule has 0 unspecified atom stereocenters. The summed E-state index contributed by atoms with van der Waals surface area (Å²) in [6, 6.07) is 16.0. The molecule has 1 saturated carbocycles. The van der Waals surface area contributed by atoms with Crippen molar-refractivity contribution in [2.75, 3.05) is 13.2 Å². The Morgan fingerprint density at radius 1 is 0.969 bits per heavy atom. The van der Waals surface area contributed by atoms with E-state index in [1.54, 1.807) is 0 Å². The third-order valence-corrected chi connectivity index (χ3v) is 6.37. The van der Waals surface area contributed by atoms with Gasteiger partial charge >= 0.3 is 12.1 Å². The number of hydrogen-bond acceptors (Lipinski definition) is 4. The fourth-order valence-electron chi connectivity index (χ4n) is 4.80. The molecule has 2 aromatic rings. The van der Waals surface area contributed by atoms with E-state index in [-0.39, 0.29) is 30.9 Å². The van der Waals surface area contributed by atoms with Gasteiger partial charge in [-0.05, 0) is 41.5 Å². The van der Waals surface area contributed by atoms with Gasteiger partial charge in [-0.2, -0.15) is 0 Å². The molecule has 2 atom stereocenters. The predicted octanol–water partition coefficient (Wildman–Crippen LogP) is 3.67.